The molecule has 0 saturated carbocycles. The zero-order valence-corrected chi connectivity index (χ0v) is 13.8. The SMILES string of the molecule is CC(C)(C)c1ccc2c(c1)C(CN)N(Cc1ccccc1)C2. The van der Waals surface area contributed by atoms with Gasteiger partial charge in [-0.1, -0.05) is 69.3 Å². The van der Waals surface area contributed by atoms with Gasteiger partial charge in [0, 0.05) is 25.7 Å². The fourth-order valence-electron chi connectivity index (χ4n) is 3.30. The molecule has 1 unspecified atom stereocenters. The molecule has 2 nitrogen and oxygen atoms in total. The van der Waals surface area contributed by atoms with Crippen molar-refractivity contribution in [3.63, 3.8) is 0 Å². The van der Waals surface area contributed by atoms with E-state index in [0.29, 0.717) is 12.6 Å². The highest BCUT2D eigenvalue weighted by Crippen LogP contribution is 2.36. The van der Waals surface area contributed by atoms with Gasteiger partial charge in [0.05, 0.1) is 0 Å². The molecule has 116 valence electrons. The van der Waals surface area contributed by atoms with Gasteiger partial charge in [0.1, 0.15) is 0 Å². The Labute approximate surface area is 134 Å². The van der Waals surface area contributed by atoms with Crippen LogP contribution in [-0.2, 0) is 18.5 Å². The Kier molecular flexibility index (Phi) is 4.07. The first kappa shape index (κ1) is 15.3. The van der Waals surface area contributed by atoms with Crippen molar-refractivity contribution in [2.24, 2.45) is 5.73 Å². The minimum atomic E-state index is 0.182. The number of fused-ring (bicyclic) bond motifs is 1. The molecule has 0 amide bonds. The van der Waals surface area contributed by atoms with Gasteiger partial charge in [-0.05, 0) is 27.7 Å². The van der Waals surface area contributed by atoms with Crippen LogP contribution >= 0.6 is 0 Å². The van der Waals surface area contributed by atoms with Gasteiger partial charge in [0.2, 0.25) is 0 Å². The Hall–Kier alpha value is -1.64. The zero-order chi connectivity index (χ0) is 15.7. The molecular weight excluding hydrogens is 268 g/mol. The minimum Gasteiger partial charge on any atom is -0.329 e. The summed E-state index contributed by atoms with van der Waals surface area (Å²) in [7, 11) is 0. The zero-order valence-electron chi connectivity index (χ0n) is 13.8. The molecule has 1 heterocycles. The van der Waals surface area contributed by atoms with Crippen LogP contribution in [0.2, 0.25) is 0 Å². The molecule has 22 heavy (non-hydrogen) atoms. The lowest BCUT2D eigenvalue weighted by molar-refractivity contribution is 0.211. The van der Waals surface area contributed by atoms with Crippen LogP contribution in [0.5, 0.6) is 0 Å². The first-order valence-electron chi connectivity index (χ1n) is 8.10. The largest absolute Gasteiger partial charge is 0.329 e. The lowest BCUT2D eigenvalue weighted by Gasteiger charge is -2.25. The molecular formula is C20H26N2. The fraction of sp³-hybridized carbons (Fsp3) is 0.400. The summed E-state index contributed by atoms with van der Waals surface area (Å²) in [6.45, 7) is 9.43. The molecule has 0 aliphatic carbocycles. The summed E-state index contributed by atoms with van der Waals surface area (Å²) in [6.07, 6.45) is 0. The van der Waals surface area contributed by atoms with Crippen LogP contribution in [-0.4, -0.2) is 11.4 Å². The Morgan fingerprint density at radius 2 is 1.82 bits per heavy atom. The van der Waals surface area contributed by atoms with Crippen LogP contribution < -0.4 is 5.73 Å². The molecule has 2 aromatic carbocycles. The molecule has 0 radical (unpaired) electrons. The number of rotatable bonds is 3. The van der Waals surface area contributed by atoms with E-state index in [4.69, 9.17) is 5.73 Å². The highest BCUT2D eigenvalue weighted by atomic mass is 15.2. The molecule has 2 N–H and O–H groups in total. The number of hydrogen-bond donors (Lipinski definition) is 1. The van der Waals surface area contributed by atoms with Crippen LogP contribution in [0.1, 0.15) is 49.1 Å². The monoisotopic (exact) mass is 294 g/mol. The molecule has 1 aliphatic rings. The lowest BCUT2D eigenvalue weighted by atomic mass is 9.85. The van der Waals surface area contributed by atoms with Crippen molar-refractivity contribution < 1.29 is 0 Å². The van der Waals surface area contributed by atoms with E-state index in [0.717, 1.165) is 13.1 Å². The number of nitrogens with zero attached hydrogens (tertiary/aromatic N) is 1. The van der Waals surface area contributed by atoms with Gasteiger partial charge in [-0.3, -0.25) is 4.90 Å². The van der Waals surface area contributed by atoms with Gasteiger partial charge in [-0.25, -0.2) is 0 Å². The Balaban J connectivity index is 1.88. The van der Waals surface area contributed by atoms with E-state index in [1.165, 1.54) is 22.3 Å². The van der Waals surface area contributed by atoms with Gasteiger partial charge < -0.3 is 5.73 Å². The summed E-state index contributed by atoms with van der Waals surface area (Å²) in [5, 5.41) is 0. The van der Waals surface area contributed by atoms with Crippen molar-refractivity contribution in [3.05, 3.63) is 70.8 Å². The smallest absolute Gasteiger partial charge is 0.0480 e. The van der Waals surface area contributed by atoms with Crippen LogP contribution in [0.25, 0.3) is 0 Å². The molecule has 0 bridgehead atoms. The van der Waals surface area contributed by atoms with Crippen LogP contribution in [0, 0.1) is 0 Å². The quantitative estimate of drug-likeness (QED) is 0.927. The van der Waals surface area contributed by atoms with E-state index in [-0.39, 0.29) is 5.41 Å². The summed E-state index contributed by atoms with van der Waals surface area (Å²) in [4.78, 5) is 2.49. The van der Waals surface area contributed by atoms with Gasteiger partial charge >= 0.3 is 0 Å². The van der Waals surface area contributed by atoms with Crippen LogP contribution in [0.15, 0.2) is 48.5 Å². The third kappa shape index (κ3) is 2.94. The third-order valence-electron chi connectivity index (χ3n) is 4.64. The van der Waals surface area contributed by atoms with E-state index in [1.54, 1.807) is 0 Å². The van der Waals surface area contributed by atoms with E-state index >= 15 is 0 Å². The fourth-order valence-corrected chi connectivity index (χ4v) is 3.30. The average Bonchev–Trinajstić information content (AvgIpc) is 2.83. The molecule has 3 rings (SSSR count). The molecule has 0 fully saturated rings. The summed E-state index contributed by atoms with van der Waals surface area (Å²) in [5.74, 6) is 0. The maximum Gasteiger partial charge on any atom is 0.0480 e. The van der Waals surface area contributed by atoms with Crippen LogP contribution in [0.3, 0.4) is 0 Å². The van der Waals surface area contributed by atoms with Crippen molar-refractivity contribution >= 4 is 0 Å². The first-order chi connectivity index (χ1) is 10.5. The molecule has 0 aromatic heterocycles. The second-order valence-corrected chi connectivity index (χ2v) is 7.31. The van der Waals surface area contributed by atoms with Crippen molar-refractivity contribution in [1.82, 2.24) is 4.90 Å². The maximum absolute atomic E-state index is 6.11. The maximum atomic E-state index is 6.11. The Morgan fingerprint density at radius 3 is 2.45 bits per heavy atom. The standard InChI is InChI=1S/C20H26N2/c1-20(2,3)17-10-9-16-14-22(19(12-21)18(16)11-17)13-15-7-5-4-6-8-15/h4-11,19H,12-14,21H2,1-3H3. The van der Waals surface area contributed by atoms with Gasteiger partial charge in [-0.2, -0.15) is 0 Å². The molecule has 1 aliphatic heterocycles. The van der Waals surface area contributed by atoms with E-state index < -0.39 is 0 Å². The summed E-state index contributed by atoms with van der Waals surface area (Å²) in [5.41, 5.74) is 11.9. The van der Waals surface area contributed by atoms with Crippen LogP contribution in [0.4, 0.5) is 0 Å². The minimum absolute atomic E-state index is 0.182. The summed E-state index contributed by atoms with van der Waals surface area (Å²) < 4.78 is 0. The van der Waals surface area contributed by atoms with Crippen molar-refractivity contribution in [1.29, 1.82) is 0 Å². The van der Waals surface area contributed by atoms with Gasteiger partial charge in [0.25, 0.3) is 0 Å². The van der Waals surface area contributed by atoms with E-state index in [1.807, 2.05) is 0 Å². The number of hydrogen-bond acceptors (Lipinski definition) is 2. The molecule has 2 aromatic rings. The predicted octanol–water partition coefficient (Wildman–Crippen LogP) is 4.00. The molecule has 0 spiro atoms. The lowest BCUT2D eigenvalue weighted by Crippen LogP contribution is -2.27. The van der Waals surface area contributed by atoms with Gasteiger partial charge in [0.15, 0.2) is 0 Å². The van der Waals surface area contributed by atoms with Crippen molar-refractivity contribution in [3.8, 4) is 0 Å². The van der Waals surface area contributed by atoms with E-state index in [2.05, 4.69) is 74.2 Å². The average molecular weight is 294 g/mol. The number of nitrogens with two attached hydrogens (primary N) is 1. The third-order valence-corrected chi connectivity index (χ3v) is 4.64. The van der Waals surface area contributed by atoms with E-state index in [9.17, 15) is 0 Å². The molecule has 2 heteroatoms. The highest BCUT2D eigenvalue weighted by Gasteiger charge is 2.30. The highest BCUT2D eigenvalue weighted by molar-refractivity contribution is 5.40. The molecule has 0 saturated heterocycles. The molecule has 1 atom stereocenters. The summed E-state index contributed by atoms with van der Waals surface area (Å²) in [6, 6.07) is 17.9. The number of benzene rings is 2. The summed E-state index contributed by atoms with van der Waals surface area (Å²) >= 11 is 0. The second kappa shape index (κ2) is 5.86. The second-order valence-electron chi connectivity index (χ2n) is 7.31. The van der Waals surface area contributed by atoms with Crippen molar-refractivity contribution in [2.45, 2.75) is 45.3 Å². The predicted molar refractivity (Wildman–Crippen MR) is 92.6 cm³/mol. The Bertz CT molecular complexity index is 641. The first-order valence-corrected chi connectivity index (χ1v) is 8.10. The van der Waals surface area contributed by atoms with Gasteiger partial charge in [-0.15, -0.1) is 0 Å². The Morgan fingerprint density at radius 1 is 1.09 bits per heavy atom. The normalized spacial score (nSPS) is 18.5. The van der Waals surface area contributed by atoms with Crippen molar-refractivity contribution in [2.75, 3.05) is 6.54 Å². The topological polar surface area (TPSA) is 29.3 Å².